The number of nitrogens with zero attached hydrogens (tertiary/aromatic N) is 3. The molecule has 0 aliphatic carbocycles. The minimum absolute atomic E-state index is 0.214. The van der Waals surface area contributed by atoms with Gasteiger partial charge in [-0.3, -0.25) is 4.79 Å². The number of imidazole rings is 1. The van der Waals surface area contributed by atoms with Crippen molar-refractivity contribution in [2.75, 3.05) is 0 Å². The lowest BCUT2D eigenvalue weighted by Gasteiger charge is -1.91. The molecule has 0 saturated carbocycles. The van der Waals surface area contributed by atoms with Gasteiger partial charge in [0.15, 0.2) is 17.7 Å². The number of hydrogen-bond acceptors (Lipinski definition) is 3. The van der Waals surface area contributed by atoms with Crippen molar-refractivity contribution in [3.8, 4) is 6.07 Å². The van der Waals surface area contributed by atoms with Crippen LogP contribution >= 0.6 is 0 Å². The first-order valence-corrected chi connectivity index (χ1v) is 3.61. The Morgan fingerprint density at radius 1 is 1.62 bits per heavy atom. The summed E-state index contributed by atoms with van der Waals surface area (Å²) >= 11 is 0. The highest BCUT2D eigenvalue weighted by molar-refractivity contribution is 5.68. The first-order chi connectivity index (χ1) is 6.33. The van der Waals surface area contributed by atoms with Crippen molar-refractivity contribution in [1.29, 1.82) is 0 Å². The predicted octanol–water partition coefficient (Wildman–Crippen LogP) is -2.11. The van der Waals surface area contributed by atoms with Gasteiger partial charge in [0.05, 0.1) is 12.7 Å². The molecule has 13 heavy (non-hydrogen) atoms. The molecule has 6 nitrogen and oxygen atoms in total. The van der Waals surface area contributed by atoms with E-state index in [0.717, 1.165) is 0 Å². The summed E-state index contributed by atoms with van der Waals surface area (Å²) in [5.41, 5.74) is 0.513. The van der Waals surface area contributed by atoms with E-state index in [2.05, 4.69) is 21.0 Å². The van der Waals surface area contributed by atoms with Crippen molar-refractivity contribution in [3.05, 3.63) is 23.0 Å². The Morgan fingerprint density at radius 3 is 3.23 bits per heavy atom. The van der Waals surface area contributed by atoms with Crippen molar-refractivity contribution in [3.63, 3.8) is 0 Å². The van der Waals surface area contributed by atoms with Gasteiger partial charge in [-0.2, -0.15) is 0 Å². The molecule has 0 unspecified atom stereocenters. The van der Waals surface area contributed by atoms with Crippen LogP contribution in [-0.2, 0) is 6.54 Å². The molecule has 0 fully saturated rings. The number of H-pyrrole nitrogens is 1. The van der Waals surface area contributed by atoms with Gasteiger partial charge in [0.25, 0.3) is 11.6 Å². The van der Waals surface area contributed by atoms with Gasteiger partial charge in [-0.05, 0) is 0 Å². The molecular formula is C7H6N5O+. The van der Waals surface area contributed by atoms with E-state index in [9.17, 15) is 4.79 Å². The lowest BCUT2D eigenvalue weighted by atomic mass is 10.5. The molecule has 0 bridgehead atoms. The van der Waals surface area contributed by atoms with Crippen LogP contribution in [0.25, 0.3) is 11.2 Å². The van der Waals surface area contributed by atoms with E-state index in [1.807, 2.05) is 0 Å². The summed E-state index contributed by atoms with van der Waals surface area (Å²) in [4.78, 5) is 21.5. The predicted molar refractivity (Wildman–Crippen MR) is 43.0 cm³/mol. The zero-order valence-electron chi connectivity index (χ0n) is 6.61. The Bertz CT molecular complexity index is 532. The molecule has 0 amide bonds. The Kier molecular flexibility index (Phi) is 1.56. The third kappa shape index (κ3) is 1.06. The second-order valence-electron chi connectivity index (χ2n) is 2.45. The van der Waals surface area contributed by atoms with Gasteiger partial charge < -0.3 is 9.55 Å². The Morgan fingerprint density at radius 2 is 2.46 bits per heavy atom. The van der Waals surface area contributed by atoms with Crippen molar-refractivity contribution in [2.45, 2.75) is 6.54 Å². The van der Waals surface area contributed by atoms with E-state index in [1.165, 1.54) is 17.2 Å². The minimum Gasteiger partial charge on any atom is -0.311 e. The van der Waals surface area contributed by atoms with Crippen LogP contribution in [0, 0.1) is 6.07 Å². The molecule has 0 aromatic carbocycles. The highest BCUT2D eigenvalue weighted by Gasteiger charge is 2.06. The van der Waals surface area contributed by atoms with Crippen molar-refractivity contribution in [1.82, 2.24) is 19.5 Å². The summed E-state index contributed by atoms with van der Waals surface area (Å²) < 4.78 is 1.52. The van der Waals surface area contributed by atoms with Crippen LogP contribution in [0.4, 0.5) is 0 Å². The molecule has 0 saturated heterocycles. The van der Waals surface area contributed by atoms with Crippen LogP contribution in [0.2, 0.25) is 0 Å². The Balaban J connectivity index is 2.80. The maximum Gasteiger partial charge on any atom is 0.292 e. The van der Waals surface area contributed by atoms with E-state index in [4.69, 9.17) is 5.26 Å². The van der Waals surface area contributed by atoms with E-state index < -0.39 is 0 Å². The third-order valence-electron chi connectivity index (χ3n) is 1.67. The third-order valence-corrected chi connectivity index (χ3v) is 1.67. The van der Waals surface area contributed by atoms with Crippen molar-refractivity contribution >= 4 is 11.2 Å². The lowest BCUT2D eigenvalue weighted by molar-refractivity contribution is -0.0952. The topological polar surface area (TPSA) is 87.4 Å². The molecular weight excluding hydrogens is 170 g/mol. The zero-order valence-corrected chi connectivity index (χ0v) is 6.61. The van der Waals surface area contributed by atoms with Gasteiger partial charge >= 0.3 is 0 Å². The number of aromatic nitrogens is 4. The molecule has 2 aromatic rings. The monoisotopic (exact) mass is 176 g/mol. The maximum atomic E-state index is 11.3. The Hall–Kier alpha value is -2.16. The van der Waals surface area contributed by atoms with Crippen LogP contribution in [0.5, 0.6) is 0 Å². The first kappa shape index (κ1) is 7.49. The fourth-order valence-corrected chi connectivity index (χ4v) is 1.12. The highest BCUT2D eigenvalue weighted by Crippen LogP contribution is 2.01. The minimum atomic E-state index is -0.252. The zero-order chi connectivity index (χ0) is 9.26. The van der Waals surface area contributed by atoms with Crippen molar-refractivity contribution < 1.29 is 5.26 Å². The molecule has 2 aromatic heterocycles. The van der Waals surface area contributed by atoms with Gasteiger partial charge in [0.2, 0.25) is 0 Å². The summed E-state index contributed by atoms with van der Waals surface area (Å²) in [6.45, 7) is 0.214. The molecule has 0 aliphatic rings. The van der Waals surface area contributed by atoms with Gasteiger partial charge in [0, 0.05) is 0 Å². The summed E-state index contributed by atoms with van der Waals surface area (Å²) in [6.07, 6.45) is 2.77. The first-order valence-electron chi connectivity index (χ1n) is 3.61. The molecule has 0 radical (unpaired) electrons. The van der Waals surface area contributed by atoms with E-state index in [-0.39, 0.29) is 12.1 Å². The van der Waals surface area contributed by atoms with E-state index in [0.29, 0.717) is 11.2 Å². The molecule has 64 valence electrons. The summed E-state index contributed by atoms with van der Waals surface area (Å²) in [5.74, 6) is 0. The quantitative estimate of drug-likeness (QED) is 0.521. The second-order valence-corrected chi connectivity index (χ2v) is 2.45. The smallest absolute Gasteiger partial charge is 0.292 e. The normalized spacial score (nSPS) is 10.1. The standard InChI is InChI=1S/C7H5N5O/c8-1-2-12-4-11-6-5(12)7(13)10-3-9-6/h3-4H,2H2,(H,9,10,13)/p+1. The van der Waals surface area contributed by atoms with Crippen LogP contribution < -0.4 is 10.8 Å². The number of rotatable bonds is 1. The molecule has 2 N–H and O–H groups in total. The highest BCUT2D eigenvalue weighted by atomic mass is 16.1. The van der Waals surface area contributed by atoms with E-state index in [1.54, 1.807) is 0 Å². The van der Waals surface area contributed by atoms with E-state index >= 15 is 0 Å². The Labute approximate surface area is 72.5 Å². The maximum absolute atomic E-state index is 11.3. The molecule has 0 spiro atoms. The molecule has 2 rings (SSSR count). The van der Waals surface area contributed by atoms with Crippen LogP contribution in [0.3, 0.4) is 0 Å². The molecule has 0 aliphatic heterocycles. The van der Waals surface area contributed by atoms with Crippen LogP contribution in [-0.4, -0.2) is 19.5 Å². The van der Waals surface area contributed by atoms with Gasteiger partial charge in [-0.25, -0.2) is 9.97 Å². The second kappa shape index (κ2) is 2.71. The average Bonchev–Trinajstić information content (AvgIpc) is 2.51. The average molecular weight is 176 g/mol. The molecule has 2 heterocycles. The number of nitrogens with one attached hydrogen (secondary N) is 2. The number of hydrogen-bond donors (Lipinski definition) is 2. The van der Waals surface area contributed by atoms with Gasteiger partial charge in [-0.15, -0.1) is 0 Å². The van der Waals surface area contributed by atoms with Crippen molar-refractivity contribution in [2.24, 2.45) is 0 Å². The van der Waals surface area contributed by atoms with Gasteiger partial charge in [-0.1, -0.05) is 5.26 Å². The number of aromatic amines is 1. The molecule has 0 atom stereocenters. The fourth-order valence-electron chi connectivity index (χ4n) is 1.12. The van der Waals surface area contributed by atoms with Crippen LogP contribution in [0.1, 0.15) is 0 Å². The molecule has 6 heteroatoms. The van der Waals surface area contributed by atoms with Gasteiger partial charge in [0.1, 0.15) is 0 Å². The summed E-state index contributed by atoms with van der Waals surface area (Å²) in [7, 11) is 0. The largest absolute Gasteiger partial charge is 0.311 e. The fraction of sp³-hybridized carbons (Fsp3) is 0.143. The summed E-state index contributed by atoms with van der Waals surface area (Å²) in [5, 5.41) is 6.79. The summed E-state index contributed by atoms with van der Waals surface area (Å²) in [6, 6.07) is 2.18. The SMILES string of the molecule is [NH+]#CCn1cnc2nc[nH]c(=O)c21. The lowest BCUT2D eigenvalue weighted by Crippen LogP contribution is -2.20. The number of fused-ring (bicyclic) bond motifs is 1. The van der Waals surface area contributed by atoms with Crippen LogP contribution in [0.15, 0.2) is 17.4 Å².